The normalized spacial score (nSPS) is 10.2. The van der Waals surface area contributed by atoms with Crippen molar-refractivity contribution in [3.05, 3.63) is 35.9 Å². The summed E-state index contributed by atoms with van der Waals surface area (Å²) in [5.41, 5.74) is 7.62. The van der Waals surface area contributed by atoms with Crippen molar-refractivity contribution in [3.63, 3.8) is 0 Å². The molecule has 0 saturated carbocycles. The number of nitrogens with zero attached hydrogens (tertiary/aromatic N) is 3. The Morgan fingerprint density at radius 1 is 1.30 bits per heavy atom. The lowest BCUT2D eigenvalue weighted by Gasteiger charge is -2.09. The van der Waals surface area contributed by atoms with Gasteiger partial charge in [0.25, 0.3) is 0 Å². The van der Waals surface area contributed by atoms with E-state index in [1.54, 1.807) is 7.11 Å². The SMILES string of the molecule is COCCSc1nc(N)nc(-c2ccccc2)c1C#N. The van der Waals surface area contributed by atoms with E-state index in [-0.39, 0.29) is 5.95 Å². The Bertz CT molecular complexity index is 625. The highest BCUT2D eigenvalue weighted by Gasteiger charge is 2.15. The fourth-order valence-corrected chi connectivity index (χ4v) is 2.58. The molecule has 102 valence electrons. The minimum absolute atomic E-state index is 0.169. The molecule has 0 radical (unpaired) electrons. The van der Waals surface area contributed by atoms with Gasteiger partial charge in [-0.3, -0.25) is 0 Å². The number of thioether (sulfide) groups is 1. The minimum Gasteiger partial charge on any atom is -0.384 e. The van der Waals surface area contributed by atoms with Crippen LogP contribution in [0.4, 0.5) is 5.95 Å². The van der Waals surface area contributed by atoms with Crippen LogP contribution in [0.5, 0.6) is 0 Å². The van der Waals surface area contributed by atoms with Crippen LogP contribution in [-0.4, -0.2) is 29.4 Å². The second kappa shape index (κ2) is 6.89. The molecule has 1 aromatic heterocycles. The number of anilines is 1. The van der Waals surface area contributed by atoms with E-state index in [0.29, 0.717) is 28.6 Å². The van der Waals surface area contributed by atoms with Crippen molar-refractivity contribution in [2.45, 2.75) is 5.03 Å². The molecule has 0 bridgehead atoms. The number of aromatic nitrogens is 2. The maximum atomic E-state index is 9.39. The zero-order valence-electron chi connectivity index (χ0n) is 11.0. The third kappa shape index (κ3) is 3.26. The number of nitrogen functional groups attached to an aromatic ring is 1. The Morgan fingerprint density at radius 3 is 2.70 bits per heavy atom. The molecule has 1 aromatic carbocycles. The predicted molar refractivity (Wildman–Crippen MR) is 79.2 cm³/mol. The Kier molecular flexibility index (Phi) is 4.93. The number of benzene rings is 1. The molecule has 0 fully saturated rings. The van der Waals surface area contributed by atoms with Crippen LogP contribution in [0.1, 0.15) is 5.56 Å². The van der Waals surface area contributed by atoms with Crippen LogP contribution in [-0.2, 0) is 4.74 Å². The molecular formula is C14H14N4OS. The van der Waals surface area contributed by atoms with Gasteiger partial charge in [-0.1, -0.05) is 30.3 Å². The van der Waals surface area contributed by atoms with Crippen molar-refractivity contribution in [1.29, 1.82) is 5.26 Å². The van der Waals surface area contributed by atoms with Gasteiger partial charge in [0, 0.05) is 18.4 Å². The molecule has 1 heterocycles. The van der Waals surface area contributed by atoms with Gasteiger partial charge in [-0.15, -0.1) is 11.8 Å². The van der Waals surface area contributed by atoms with Crippen LogP contribution < -0.4 is 5.73 Å². The lowest BCUT2D eigenvalue weighted by atomic mass is 10.1. The first-order chi connectivity index (χ1) is 9.76. The Morgan fingerprint density at radius 2 is 2.05 bits per heavy atom. The highest BCUT2D eigenvalue weighted by molar-refractivity contribution is 7.99. The Hall–Kier alpha value is -2.10. The molecule has 0 amide bonds. The molecule has 20 heavy (non-hydrogen) atoms. The topological polar surface area (TPSA) is 84.8 Å². The summed E-state index contributed by atoms with van der Waals surface area (Å²) in [6.45, 7) is 0.583. The number of nitrogens with two attached hydrogens (primary N) is 1. The molecule has 2 N–H and O–H groups in total. The summed E-state index contributed by atoms with van der Waals surface area (Å²) in [6, 6.07) is 11.7. The summed E-state index contributed by atoms with van der Waals surface area (Å²) in [7, 11) is 1.63. The van der Waals surface area contributed by atoms with E-state index in [1.807, 2.05) is 30.3 Å². The Balaban J connectivity index is 2.44. The van der Waals surface area contributed by atoms with Gasteiger partial charge in [0.2, 0.25) is 5.95 Å². The maximum absolute atomic E-state index is 9.39. The standard InChI is InChI=1S/C14H14N4OS/c1-19-7-8-20-13-11(9-15)12(17-14(16)18-13)10-5-3-2-4-6-10/h2-6H,7-8H2,1H3,(H2,16,17,18). The molecule has 0 aliphatic carbocycles. The molecule has 0 aliphatic heterocycles. The number of methoxy groups -OCH3 is 1. The maximum Gasteiger partial charge on any atom is 0.221 e. The van der Waals surface area contributed by atoms with Crippen molar-refractivity contribution >= 4 is 17.7 Å². The van der Waals surface area contributed by atoms with E-state index >= 15 is 0 Å². The summed E-state index contributed by atoms with van der Waals surface area (Å²) < 4.78 is 5.00. The molecule has 6 heteroatoms. The van der Waals surface area contributed by atoms with E-state index < -0.39 is 0 Å². The van der Waals surface area contributed by atoms with E-state index in [9.17, 15) is 5.26 Å². The quantitative estimate of drug-likeness (QED) is 0.516. The first-order valence-electron chi connectivity index (χ1n) is 6.01. The van der Waals surface area contributed by atoms with Gasteiger partial charge in [0.1, 0.15) is 16.7 Å². The number of hydrogen-bond donors (Lipinski definition) is 1. The third-order valence-corrected chi connectivity index (χ3v) is 3.52. The van der Waals surface area contributed by atoms with Crippen molar-refractivity contribution < 1.29 is 4.74 Å². The van der Waals surface area contributed by atoms with Crippen molar-refractivity contribution in [1.82, 2.24) is 9.97 Å². The Labute approximate surface area is 121 Å². The third-order valence-electron chi connectivity index (χ3n) is 2.58. The van der Waals surface area contributed by atoms with Gasteiger partial charge in [-0.05, 0) is 0 Å². The lowest BCUT2D eigenvalue weighted by Crippen LogP contribution is -2.03. The molecule has 0 unspecified atom stereocenters. The van der Waals surface area contributed by atoms with Crippen molar-refractivity contribution in [2.24, 2.45) is 0 Å². The van der Waals surface area contributed by atoms with Gasteiger partial charge in [0.15, 0.2) is 0 Å². The zero-order chi connectivity index (χ0) is 14.4. The van der Waals surface area contributed by atoms with Crippen LogP contribution in [0.3, 0.4) is 0 Å². The zero-order valence-corrected chi connectivity index (χ0v) is 11.9. The van der Waals surface area contributed by atoms with E-state index in [4.69, 9.17) is 10.5 Å². The number of nitriles is 1. The van der Waals surface area contributed by atoms with Crippen molar-refractivity contribution in [2.75, 3.05) is 25.2 Å². The number of hydrogen-bond acceptors (Lipinski definition) is 6. The van der Waals surface area contributed by atoms with Crippen molar-refractivity contribution in [3.8, 4) is 17.3 Å². The summed E-state index contributed by atoms with van der Waals surface area (Å²) in [5, 5.41) is 9.99. The van der Waals surface area contributed by atoms with E-state index in [2.05, 4.69) is 16.0 Å². The summed E-state index contributed by atoms with van der Waals surface area (Å²) in [5.74, 6) is 0.873. The van der Waals surface area contributed by atoms with Crippen LogP contribution in [0.2, 0.25) is 0 Å². The predicted octanol–water partition coefficient (Wildman–Crippen LogP) is 2.34. The first-order valence-corrected chi connectivity index (χ1v) is 6.99. The fourth-order valence-electron chi connectivity index (χ4n) is 1.69. The summed E-state index contributed by atoms with van der Waals surface area (Å²) in [6.07, 6.45) is 0. The van der Waals surface area contributed by atoms with Crippen LogP contribution in [0, 0.1) is 11.3 Å². The van der Waals surface area contributed by atoms with Crippen LogP contribution in [0.25, 0.3) is 11.3 Å². The highest BCUT2D eigenvalue weighted by atomic mass is 32.2. The van der Waals surface area contributed by atoms with Gasteiger partial charge < -0.3 is 10.5 Å². The molecule has 2 rings (SSSR count). The van der Waals surface area contributed by atoms with E-state index in [0.717, 1.165) is 5.56 Å². The number of rotatable bonds is 5. The smallest absolute Gasteiger partial charge is 0.221 e. The summed E-state index contributed by atoms with van der Waals surface area (Å²) >= 11 is 1.44. The second-order valence-electron chi connectivity index (χ2n) is 3.93. The highest BCUT2D eigenvalue weighted by Crippen LogP contribution is 2.29. The first kappa shape index (κ1) is 14.3. The minimum atomic E-state index is 0.169. The molecule has 0 aliphatic rings. The second-order valence-corrected chi connectivity index (χ2v) is 5.01. The molecule has 5 nitrogen and oxygen atoms in total. The van der Waals surface area contributed by atoms with Gasteiger partial charge >= 0.3 is 0 Å². The molecule has 0 spiro atoms. The molecule has 0 atom stereocenters. The molecular weight excluding hydrogens is 272 g/mol. The lowest BCUT2D eigenvalue weighted by molar-refractivity contribution is 0.218. The fraction of sp³-hybridized carbons (Fsp3) is 0.214. The van der Waals surface area contributed by atoms with Crippen LogP contribution in [0.15, 0.2) is 35.4 Å². The summed E-state index contributed by atoms with van der Waals surface area (Å²) in [4.78, 5) is 8.36. The average Bonchev–Trinajstić information content (AvgIpc) is 2.48. The molecule has 0 saturated heterocycles. The van der Waals surface area contributed by atoms with E-state index in [1.165, 1.54) is 11.8 Å². The largest absolute Gasteiger partial charge is 0.384 e. The van der Waals surface area contributed by atoms with Gasteiger partial charge in [-0.25, -0.2) is 9.97 Å². The van der Waals surface area contributed by atoms with Gasteiger partial charge in [-0.2, -0.15) is 5.26 Å². The number of ether oxygens (including phenoxy) is 1. The monoisotopic (exact) mass is 286 g/mol. The van der Waals surface area contributed by atoms with Crippen LogP contribution >= 0.6 is 11.8 Å². The molecule has 2 aromatic rings. The van der Waals surface area contributed by atoms with Gasteiger partial charge in [0.05, 0.1) is 12.3 Å². The average molecular weight is 286 g/mol.